The molecule has 1 aromatic rings. The molecular weight excluding hydrogens is 159 g/mol. The average molecular weight is 170 g/mol. The van der Waals surface area contributed by atoms with E-state index in [-0.39, 0.29) is 12.4 Å². The lowest BCUT2D eigenvalue weighted by Gasteiger charge is -2.03. The van der Waals surface area contributed by atoms with E-state index in [1.54, 1.807) is 6.07 Å². The Morgan fingerprint density at radius 2 is 2.08 bits per heavy atom. The molecule has 0 saturated heterocycles. The van der Waals surface area contributed by atoms with Gasteiger partial charge < -0.3 is 10.2 Å². The van der Waals surface area contributed by atoms with Crippen LogP contribution in [0.25, 0.3) is 0 Å². The van der Waals surface area contributed by atoms with Gasteiger partial charge >= 0.3 is 0 Å². The minimum Gasteiger partial charge on any atom is -0.508 e. The third-order valence-electron chi connectivity index (χ3n) is 1.68. The molecule has 0 amide bonds. The van der Waals surface area contributed by atoms with Gasteiger partial charge in [0.05, 0.1) is 0 Å². The number of aliphatic hydroxyl groups is 1. The summed E-state index contributed by atoms with van der Waals surface area (Å²) in [6.07, 6.45) is 0.361. The van der Waals surface area contributed by atoms with Crippen LogP contribution in [0.15, 0.2) is 18.2 Å². The standard InChI is InChI=1S/C9H11FO2/c10-6-7-1-2-9(12)8(5-7)3-4-11/h1-2,5,11-12H,3-4,6H2. The van der Waals surface area contributed by atoms with Crippen molar-refractivity contribution in [3.63, 3.8) is 0 Å². The molecule has 0 aromatic heterocycles. The van der Waals surface area contributed by atoms with Crippen molar-refractivity contribution in [1.29, 1.82) is 0 Å². The maximum Gasteiger partial charge on any atom is 0.118 e. The van der Waals surface area contributed by atoms with Crippen LogP contribution in [0.3, 0.4) is 0 Å². The van der Waals surface area contributed by atoms with Crippen LogP contribution in [0.4, 0.5) is 4.39 Å². The Bertz CT molecular complexity index is 261. The van der Waals surface area contributed by atoms with Gasteiger partial charge in [0.25, 0.3) is 0 Å². The van der Waals surface area contributed by atoms with E-state index >= 15 is 0 Å². The quantitative estimate of drug-likeness (QED) is 0.719. The molecule has 0 unspecified atom stereocenters. The Balaban J connectivity index is 2.91. The van der Waals surface area contributed by atoms with E-state index < -0.39 is 6.67 Å². The second-order valence-electron chi connectivity index (χ2n) is 2.57. The highest BCUT2D eigenvalue weighted by Crippen LogP contribution is 2.19. The lowest BCUT2D eigenvalue weighted by molar-refractivity contribution is 0.297. The molecule has 0 saturated carbocycles. The van der Waals surface area contributed by atoms with Crippen LogP contribution >= 0.6 is 0 Å². The molecule has 0 aliphatic rings. The first kappa shape index (κ1) is 9.00. The molecule has 12 heavy (non-hydrogen) atoms. The fraction of sp³-hybridized carbons (Fsp3) is 0.333. The molecule has 0 heterocycles. The van der Waals surface area contributed by atoms with E-state index in [1.807, 2.05) is 0 Å². The predicted octanol–water partition coefficient (Wildman–Crippen LogP) is 1.40. The summed E-state index contributed by atoms with van der Waals surface area (Å²) in [5.41, 5.74) is 1.11. The van der Waals surface area contributed by atoms with Gasteiger partial charge in [0, 0.05) is 6.61 Å². The van der Waals surface area contributed by atoms with Gasteiger partial charge in [-0.25, -0.2) is 4.39 Å². The molecule has 1 rings (SSSR count). The Hall–Kier alpha value is -1.09. The molecule has 0 fully saturated rings. The first-order chi connectivity index (χ1) is 5.77. The highest BCUT2D eigenvalue weighted by atomic mass is 19.1. The van der Waals surface area contributed by atoms with Gasteiger partial charge in [0.15, 0.2) is 0 Å². The van der Waals surface area contributed by atoms with Crippen LogP contribution in [-0.2, 0) is 13.1 Å². The van der Waals surface area contributed by atoms with Gasteiger partial charge in [-0.15, -0.1) is 0 Å². The Labute approximate surface area is 70.3 Å². The van der Waals surface area contributed by atoms with Gasteiger partial charge in [-0.05, 0) is 29.7 Å². The molecule has 0 aliphatic heterocycles. The summed E-state index contributed by atoms with van der Waals surface area (Å²) < 4.78 is 12.1. The van der Waals surface area contributed by atoms with Crippen LogP contribution in [-0.4, -0.2) is 16.8 Å². The Kier molecular flexibility index (Phi) is 3.05. The topological polar surface area (TPSA) is 40.5 Å². The van der Waals surface area contributed by atoms with Crippen molar-refractivity contribution in [2.75, 3.05) is 6.61 Å². The molecule has 0 aliphatic carbocycles. The fourth-order valence-corrected chi connectivity index (χ4v) is 1.04. The number of phenolic OH excluding ortho intramolecular Hbond substituents is 1. The summed E-state index contributed by atoms with van der Waals surface area (Å²) >= 11 is 0. The molecule has 3 heteroatoms. The summed E-state index contributed by atoms with van der Waals surface area (Å²) in [6, 6.07) is 4.53. The van der Waals surface area contributed by atoms with Gasteiger partial charge in [0.1, 0.15) is 12.4 Å². The van der Waals surface area contributed by atoms with Gasteiger partial charge in [-0.1, -0.05) is 6.07 Å². The number of aromatic hydroxyl groups is 1. The number of phenols is 1. The van der Waals surface area contributed by atoms with Crippen LogP contribution < -0.4 is 0 Å². The highest BCUT2D eigenvalue weighted by molar-refractivity contribution is 5.36. The minimum absolute atomic E-state index is 0.0384. The summed E-state index contributed by atoms with van der Waals surface area (Å²) in [5, 5.41) is 17.8. The molecule has 66 valence electrons. The molecule has 2 nitrogen and oxygen atoms in total. The second-order valence-corrected chi connectivity index (χ2v) is 2.57. The third-order valence-corrected chi connectivity index (χ3v) is 1.68. The van der Waals surface area contributed by atoms with E-state index in [2.05, 4.69) is 0 Å². The van der Waals surface area contributed by atoms with Crippen molar-refractivity contribution < 1.29 is 14.6 Å². The largest absolute Gasteiger partial charge is 0.508 e. The van der Waals surface area contributed by atoms with E-state index in [4.69, 9.17) is 5.11 Å². The third kappa shape index (κ3) is 1.95. The van der Waals surface area contributed by atoms with E-state index in [1.165, 1.54) is 12.1 Å². The number of hydrogen-bond acceptors (Lipinski definition) is 2. The maximum atomic E-state index is 12.1. The first-order valence-corrected chi connectivity index (χ1v) is 3.75. The summed E-state index contributed by atoms with van der Waals surface area (Å²) in [5.74, 6) is 0.112. The zero-order valence-corrected chi connectivity index (χ0v) is 6.63. The highest BCUT2D eigenvalue weighted by Gasteiger charge is 2.01. The number of halogens is 1. The lowest BCUT2D eigenvalue weighted by atomic mass is 10.1. The van der Waals surface area contributed by atoms with Gasteiger partial charge in [-0.3, -0.25) is 0 Å². The van der Waals surface area contributed by atoms with Crippen molar-refractivity contribution in [3.8, 4) is 5.75 Å². The monoisotopic (exact) mass is 170 g/mol. The van der Waals surface area contributed by atoms with Gasteiger partial charge in [-0.2, -0.15) is 0 Å². The number of benzene rings is 1. The Morgan fingerprint density at radius 1 is 1.33 bits per heavy atom. The van der Waals surface area contributed by atoms with Crippen molar-refractivity contribution in [3.05, 3.63) is 29.3 Å². The van der Waals surface area contributed by atoms with E-state index in [0.29, 0.717) is 17.5 Å². The average Bonchev–Trinajstić information content (AvgIpc) is 2.09. The number of aliphatic hydroxyl groups excluding tert-OH is 1. The van der Waals surface area contributed by atoms with Crippen molar-refractivity contribution >= 4 is 0 Å². The van der Waals surface area contributed by atoms with Crippen LogP contribution in [0, 0.1) is 0 Å². The summed E-state index contributed by atoms with van der Waals surface area (Å²) in [7, 11) is 0. The normalized spacial score (nSPS) is 10.2. The molecule has 2 N–H and O–H groups in total. The van der Waals surface area contributed by atoms with Crippen molar-refractivity contribution in [1.82, 2.24) is 0 Å². The molecule has 0 bridgehead atoms. The second kappa shape index (κ2) is 4.07. The van der Waals surface area contributed by atoms with E-state index in [9.17, 15) is 9.50 Å². The zero-order valence-electron chi connectivity index (χ0n) is 6.63. The first-order valence-electron chi connectivity index (χ1n) is 3.75. The fourth-order valence-electron chi connectivity index (χ4n) is 1.04. The zero-order chi connectivity index (χ0) is 8.97. The molecule has 0 spiro atoms. The smallest absolute Gasteiger partial charge is 0.118 e. The lowest BCUT2D eigenvalue weighted by Crippen LogP contribution is -1.92. The number of rotatable bonds is 3. The maximum absolute atomic E-state index is 12.1. The molecule has 0 radical (unpaired) electrons. The van der Waals surface area contributed by atoms with Crippen LogP contribution in [0.5, 0.6) is 5.75 Å². The summed E-state index contributed by atoms with van der Waals surface area (Å²) in [4.78, 5) is 0. The van der Waals surface area contributed by atoms with Crippen LogP contribution in [0.1, 0.15) is 11.1 Å². The molecular formula is C9H11FO2. The molecule has 0 atom stereocenters. The van der Waals surface area contributed by atoms with E-state index in [0.717, 1.165) is 0 Å². The SMILES string of the molecule is OCCc1cc(CF)ccc1O. The predicted molar refractivity (Wildman–Crippen MR) is 43.7 cm³/mol. The Morgan fingerprint density at radius 3 is 2.67 bits per heavy atom. The molecule has 1 aromatic carbocycles. The van der Waals surface area contributed by atoms with Crippen molar-refractivity contribution in [2.45, 2.75) is 13.1 Å². The number of alkyl halides is 1. The minimum atomic E-state index is -0.543. The van der Waals surface area contributed by atoms with Crippen molar-refractivity contribution in [2.24, 2.45) is 0 Å². The van der Waals surface area contributed by atoms with Crippen LogP contribution in [0.2, 0.25) is 0 Å². The van der Waals surface area contributed by atoms with Gasteiger partial charge in [0.2, 0.25) is 0 Å². The number of hydrogen-bond donors (Lipinski definition) is 2. The summed E-state index contributed by atoms with van der Waals surface area (Å²) in [6.45, 7) is -0.581.